The molecule has 12 heavy (non-hydrogen) atoms. The summed E-state index contributed by atoms with van der Waals surface area (Å²) in [5, 5.41) is 9.32. The van der Waals surface area contributed by atoms with Crippen LogP contribution in [0.25, 0.3) is 11.0 Å². The highest BCUT2D eigenvalue weighted by Crippen LogP contribution is 2.05. The van der Waals surface area contributed by atoms with Gasteiger partial charge in [0.1, 0.15) is 12.4 Å². The highest BCUT2D eigenvalue weighted by Gasteiger charge is 2.02. The number of aliphatic hydroxyl groups excluding tert-OH is 1. The Bertz CT molecular complexity index is 457. The molecule has 2 aromatic heterocycles. The van der Waals surface area contributed by atoms with Crippen molar-refractivity contribution in [2.45, 2.75) is 6.73 Å². The molecule has 2 rings (SSSR count). The molecule has 0 aliphatic carbocycles. The van der Waals surface area contributed by atoms with Crippen LogP contribution in [0.4, 0.5) is 0 Å². The van der Waals surface area contributed by atoms with Gasteiger partial charge in [0.05, 0.1) is 11.7 Å². The molecule has 0 saturated heterocycles. The number of nitrogens with one attached hydrogen (secondary N) is 1. The average Bonchev–Trinajstić information content (AvgIpc) is 2.49. The monoisotopic (exact) mass is 165 g/mol. The highest BCUT2D eigenvalue weighted by molar-refractivity contribution is 5.74. The van der Waals surface area contributed by atoms with Crippen LogP contribution in [0.5, 0.6) is 0 Å². The Labute approximate surface area is 67.3 Å². The third-order valence-electron chi connectivity index (χ3n) is 1.71. The predicted molar refractivity (Wildman–Crippen MR) is 42.6 cm³/mol. The molecule has 2 N–H and O–H groups in total. The number of hydrogen-bond donors (Lipinski definition) is 2. The van der Waals surface area contributed by atoms with Gasteiger partial charge in [-0.05, 0) is 6.07 Å². The molecule has 0 atom stereocenters. The summed E-state index contributed by atoms with van der Waals surface area (Å²) in [7, 11) is 0. The van der Waals surface area contributed by atoms with Crippen LogP contribution < -0.4 is 5.56 Å². The second-order valence-electron chi connectivity index (χ2n) is 2.40. The van der Waals surface area contributed by atoms with Gasteiger partial charge in [-0.25, -0.2) is 4.98 Å². The van der Waals surface area contributed by atoms with E-state index in [9.17, 15) is 4.79 Å². The van der Waals surface area contributed by atoms with Crippen molar-refractivity contribution >= 4 is 11.0 Å². The van der Waals surface area contributed by atoms with E-state index < -0.39 is 0 Å². The van der Waals surface area contributed by atoms with Crippen molar-refractivity contribution in [2.75, 3.05) is 0 Å². The van der Waals surface area contributed by atoms with E-state index >= 15 is 0 Å². The van der Waals surface area contributed by atoms with Crippen LogP contribution in [0.3, 0.4) is 0 Å². The summed E-state index contributed by atoms with van der Waals surface area (Å²) in [6.45, 7) is -0.167. The molecule has 0 saturated carbocycles. The number of nitrogens with zero attached hydrogens (tertiary/aromatic N) is 2. The number of rotatable bonds is 1. The van der Waals surface area contributed by atoms with Gasteiger partial charge in [-0.1, -0.05) is 0 Å². The molecule has 0 bridgehead atoms. The quantitative estimate of drug-likeness (QED) is 0.608. The first-order valence-electron chi connectivity index (χ1n) is 3.46. The zero-order valence-corrected chi connectivity index (χ0v) is 6.19. The van der Waals surface area contributed by atoms with Crippen LogP contribution in [0.2, 0.25) is 0 Å². The van der Waals surface area contributed by atoms with Crippen LogP contribution in [0.15, 0.2) is 23.4 Å². The van der Waals surface area contributed by atoms with E-state index in [1.807, 2.05) is 0 Å². The van der Waals surface area contributed by atoms with Crippen molar-refractivity contribution in [1.82, 2.24) is 14.5 Å². The Morgan fingerprint density at radius 1 is 1.67 bits per heavy atom. The number of H-pyrrole nitrogens is 1. The molecule has 5 nitrogen and oxygen atoms in total. The summed E-state index contributed by atoms with van der Waals surface area (Å²) in [5.74, 6) is 0. The standard InChI is InChI=1S/C7H7N3O2/c11-4-10-2-1-5-6(10)8-3-9-7(5)12/h1-3,11H,4H2,(H,8,9,12). The van der Waals surface area contributed by atoms with Crippen LogP contribution in [0.1, 0.15) is 0 Å². The molecule has 0 amide bonds. The molecule has 5 heteroatoms. The van der Waals surface area contributed by atoms with E-state index in [-0.39, 0.29) is 12.3 Å². The maximum Gasteiger partial charge on any atom is 0.260 e. The number of aliphatic hydroxyl groups is 1. The molecule has 0 aliphatic heterocycles. The molecular formula is C7H7N3O2. The molecule has 2 aromatic rings. The molecule has 0 fully saturated rings. The lowest BCUT2D eigenvalue weighted by Crippen LogP contribution is -2.06. The second-order valence-corrected chi connectivity index (χ2v) is 2.40. The third-order valence-corrected chi connectivity index (χ3v) is 1.71. The first-order chi connectivity index (χ1) is 5.83. The number of hydrogen-bond acceptors (Lipinski definition) is 3. The fourth-order valence-electron chi connectivity index (χ4n) is 1.13. The highest BCUT2D eigenvalue weighted by atomic mass is 16.3. The molecule has 62 valence electrons. The Balaban J connectivity index is 2.89. The van der Waals surface area contributed by atoms with E-state index in [1.54, 1.807) is 12.3 Å². The van der Waals surface area contributed by atoms with Gasteiger partial charge in [0, 0.05) is 6.20 Å². The van der Waals surface area contributed by atoms with Crippen molar-refractivity contribution in [3.8, 4) is 0 Å². The van der Waals surface area contributed by atoms with Crippen molar-refractivity contribution in [3.05, 3.63) is 28.9 Å². The van der Waals surface area contributed by atoms with Gasteiger partial charge in [0.2, 0.25) is 0 Å². The number of aromatic nitrogens is 3. The van der Waals surface area contributed by atoms with Crippen molar-refractivity contribution in [1.29, 1.82) is 0 Å². The van der Waals surface area contributed by atoms with E-state index in [1.165, 1.54) is 10.9 Å². The Morgan fingerprint density at radius 2 is 2.50 bits per heavy atom. The molecule has 0 spiro atoms. The zero-order valence-electron chi connectivity index (χ0n) is 6.19. The molecular weight excluding hydrogens is 158 g/mol. The summed E-state index contributed by atoms with van der Waals surface area (Å²) in [4.78, 5) is 17.5. The van der Waals surface area contributed by atoms with Crippen molar-refractivity contribution in [2.24, 2.45) is 0 Å². The predicted octanol–water partition coefficient (Wildman–Crippen LogP) is -0.326. The second kappa shape index (κ2) is 2.46. The lowest BCUT2D eigenvalue weighted by Gasteiger charge is -1.95. The van der Waals surface area contributed by atoms with E-state index in [4.69, 9.17) is 5.11 Å². The van der Waals surface area contributed by atoms with E-state index in [2.05, 4.69) is 9.97 Å². The summed E-state index contributed by atoms with van der Waals surface area (Å²) in [5.41, 5.74) is 0.313. The first kappa shape index (κ1) is 7.05. The number of aromatic amines is 1. The minimum absolute atomic E-state index is 0.167. The smallest absolute Gasteiger partial charge is 0.260 e. The Kier molecular flexibility index (Phi) is 1.44. The Morgan fingerprint density at radius 3 is 3.25 bits per heavy atom. The fraction of sp³-hybridized carbons (Fsp3) is 0.143. The fourth-order valence-corrected chi connectivity index (χ4v) is 1.13. The summed E-state index contributed by atoms with van der Waals surface area (Å²) in [6, 6.07) is 1.62. The van der Waals surface area contributed by atoms with Crippen molar-refractivity contribution < 1.29 is 5.11 Å². The van der Waals surface area contributed by atoms with Crippen LogP contribution in [0, 0.1) is 0 Å². The summed E-state index contributed by atoms with van der Waals surface area (Å²) >= 11 is 0. The van der Waals surface area contributed by atoms with Crippen LogP contribution in [-0.2, 0) is 6.73 Å². The van der Waals surface area contributed by atoms with Crippen molar-refractivity contribution in [3.63, 3.8) is 0 Å². The van der Waals surface area contributed by atoms with Gasteiger partial charge in [-0.15, -0.1) is 0 Å². The van der Waals surface area contributed by atoms with Gasteiger partial charge >= 0.3 is 0 Å². The summed E-state index contributed by atoms with van der Waals surface area (Å²) in [6.07, 6.45) is 2.93. The van der Waals surface area contributed by atoms with Gasteiger partial charge in [-0.2, -0.15) is 0 Å². The lowest BCUT2D eigenvalue weighted by atomic mass is 10.4. The lowest BCUT2D eigenvalue weighted by molar-refractivity contribution is 0.215. The van der Waals surface area contributed by atoms with Crippen LogP contribution in [-0.4, -0.2) is 19.6 Å². The average molecular weight is 165 g/mol. The van der Waals surface area contributed by atoms with Gasteiger partial charge in [-0.3, -0.25) is 4.79 Å². The van der Waals surface area contributed by atoms with Crippen LogP contribution >= 0.6 is 0 Å². The molecule has 0 aromatic carbocycles. The third kappa shape index (κ3) is 0.835. The van der Waals surface area contributed by atoms with Gasteiger partial charge < -0.3 is 14.7 Å². The SMILES string of the molecule is O=c1[nH]cnc2c1ccn2CO. The minimum Gasteiger partial charge on any atom is -0.376 e. The maximum absolute atomic E-state index is 11.1. The molecule has 0 unspecified atom stereocenters. The van der Waals surface area contributed by atoms with E-state index in [0.717, 1.165) is 0 Å². The Hall–Kier alpha value is -1.62. The topological polar surface area (TPSA) is 70.9 Å². The number of fused-ring (bicyclic) bond motifs is 1. The first-order valence-corrected chi connectivity index (χ1v) is 3.46. The normalized spacial score (nSPS) is 10.8. The molecule has 2 heterocycles. The largest absolute Gasteiger partial charge is 0.376 e. The summed E-state index contributed by atoms with van der Waals surface area (Å²) < 4.78 is 1.49. The maximum atomic E-state index is 11.1. The zero-order chi connectivity index (χ0) is 8.55. The molecule has 0 aliphatic rings. The van der Waals surface area contributed by atoms with E-state index in [0.29, 0.717) is 11.0 Å². The van der Waals surface area contributed by atoms with Gasteiger partial charge in [0.25, 0.3) is 5.56 Å². The molecule has 0 radical (unpaired) electrons. The minimum atomic E-state index is -0.188. The van der Waals surface area contributed by atoms with Gasteiger partial charge in [0.15, 0.2) is 0 Å².